The molecular weight excluding hydrogens is 808 g/mol. The number of halogens is 3. The maximum atomic E-state index is 16.4. The number of ether oxygens (including phenoxy) is 5. The zero-order valence-electron chi connectivity index (χ0n) is 34.2. The third-order valence-corrected chi connectivity index (χ3v) is 11.1. The molecule has 320 valence electrons. The summed E-state index contributed by atoms with van der Waals surface area (Å²) >= 11 is 12.8. The number of hydrogen-bond donors (Lipinski definition) is 4. The lowest BCUT2D eigenvalue weighted by molar-refractivity contribution is -0.122. The van der Waals surface area contributed by atoms with E-state index in [0.717, 1.165) is 0 Å². The smallest absolute Gasteiger partial charge is 0.494 e. The van der Waals surface area contributed by atoms with Gasteiger partial charge in [0.1, 0.15) is 29.7 Å². The Kier molecular flexibility index (Phi) is 14.9. The van der Waals surface area contributed by atoms with Crippen LogP contribution in [0.25, 0.3) is 0 Å². The number of benzene rings is 3. The Morgan fingerprint density at radius 2 is 1.73 bits per heavy atom. The third-order valence-electron chi connectivity index (χ3n) is 10.6. The summed E-state index contributed by atoms with van der Waals surface area (Å²) in [5, 5.41) is 19.8. The SMILES string of the molecule is COCCOCCOC(=O)OC(CCC(C)C)c1c(C(=O)O)ccc(NC(=O)[C@@H]2N[C@@H](CC(C)(C)C)[C@@]3(C(=O)Nc4cc(Cl)ccc43)[C@H]2c2cccc(Cl)c2F)c1OC. The predicted octanol–water partition coefficient (Wildman–Crippen LogP) is 8.52. The van der Waals surface area contributed by atoms with Gasteiger partial charge in [-0.15, -0.1) is 0 Å². The molecule has 3 aromatic rings. The summed E-state index contributed by atoms with van der Waals surface area (Å²) in [4.78, 5) is 55.2. The predicted molar refractivity (Wildman–Crippen MR) is 221 cm³/mol. The summed E-state index contributed by atoms with van der Waals surface area (Å²) in [5.74, 6) is -4.34. The molecule has 1 fully saturated rings. The second-order valence-corrected chi connectivity index (χ2v) is 17.1. The van der Waals surface area contributed by atoms with Crippen molar-refractivity contribution in [2.45, 2.75) is 83.4 Å². The van der Waals surface area contributed by atoms with Crippen LogP contribution in [-0.2, 0) is 34.0 Å². The molecule has 3 aromatic carbocycles. The number of hydrogen-bond acceptors (Lipinski definition) is 10. The minimum atomic E-state index is -1.52. The van der Waals surface area contributed by atoms with Crippen molar-refractivity contribution in [3.8, 4) is 5.75 Å². The number of carbonyl (C=O) groups excluding carboxylic acids is 3. The number of fused-ring (bicyclic) bond motifs is 2. The van der Waals surface area contributed by atoms with E-state index in [0.29, 0.717) is 42.3 Å². The fraction of sp³-hybridized carbons (Fsp3) is 0.488. The van der Waals surface area contributed by atoms with Gasteiger partial charge in [-0.25, -0.2) is 14.0 Å². The fourth-order valence-electron chi connectivity index (χ4n) is 8.11. The van der Waals surface area contributed by atoms with E-state index in [-0.39, 0.29) is 64.1 Å². The number of aromatic carboxylic acids is 1. The molecule has 4 N–H and O–H groups in total. The highest BCUT2D eigenvalue weighted by atomic mass is 35.5. The first kappa shape index (κ1) is 45.6. The van der Waals surface area contributed by atoms with Crippen molar-refractivity contribution in [3.05, 3.63) is 86.6 Å². The number of carboxylic acids is 1. The molecule has 2 amide bonds. The Morgan fingerprint density at radius 1 is 1.00 bits per heavy atom. The van der Waals surface area contributed by atoms with Crippen LogP contribution in [0.2, 0.25) is 10.0 Å². The molecule has 1 spiro atoms. The first-order chi connectivity index (χ1) is 27.9. The zero-order valence-corrected chi connectivity index (χ0v) is 35.7. The third kappa shape index (κ3) is 9.95. The van der Waals surface area contributed by atoms with Crippen LogP contribution in [-0.4, -0.2) is 81.8 Å². The molecule has 1 saturated heterocycles. The molecule has 2 aliphatic heterocycles. The van der Waals surface area contributed by atoms with E-state index in [1.165, 1.54) is 38.5 Å². The zero-order chi connectivity index (χ0) is 43.2. The number of carboxylic acid groups (broad SMARTS) is 1. The second kappa shape index (κ2) is 19.3. The summed E-state index contributed by atoms with van der Waals surface area (Å²) in [6, 6.07) is 10.1. The molecule has 1 unspecified atom stereocenters. The van der Waals surface area contributed by atoms with E-state index in [9.17, 15) is 24.3 Å². The van der Waals surface area contributed by atoms with Gasteiger partial charge < -0.3 is 44.7 Å². The van der Waals surface area contributed by atoms with Crippen molar-refractivity contribution < 1.29 is 52.4 Å². The molecule has 16 heteroatoms. The Bertz CT molecular complexity index is 2040. The normalized spacial score (nSPS) is 20.3. The van der Waals surface area contributed by atoms with Gasteiger partial charge in [0.25, 0.3) is 0 Å². The number of rotatable bonds is 17. The van der Waals surface area contributed by atoms with Crippen LogP contribution in [0.1, 0.15) is 93.0 Å². The van der Waals surface area contributed by atoms with Crippen LogP contribution < -0.4 is 20.7 Å². The molecular formula is C43H52Cl2FN3O10. The topological polar surface area (TPSA) is 171 Å². The summed E-state index contributed by atoms with van der Waals surface area (Å²) in [5.41, 5.74) is -1.08. The van der Waals surface area contributed by atoms with Gasteiger partial charge in [0.15, 0.2) is 0 Å². The van der Waals surface area contributed by atoms with Crippen molar-refractivity contribution in [2.75, 3.05) is 51.3 Å². The molecule has 2 aliphatic rings. The molecule has 59 heavy (non-hydrogen) atoms. The summed E-state index contributed by atoms with van der Waals surface area (Å²) < 4.78 is 43.5. The molecule has 0 bridgehead atoms. The van der Waals surface area contributed by atoms with Gasteiger partial charge in [0.05, 0.1) is 54.8 Å². The van der Waals surface area contributed by atoms with Crippen LogP contribution in [0.15, 0.2) is 48.5 Å². The van der Waals surface area contributed by atoms with E-state index in [4.69, 9.17) is 46.9 Å². The van der Waals surface area contributed by atoms with Crippen molar-refractivity contribution in [1.29, 1.82) is 0 Å². The van der Waals surface area contributed by atoms with Crippen LogP contribution in [0.3, 0.4) is 0 Å². The van der Waals surface area contributed by atoms with Crippen molar-refractivity contribution in [3.63, 3.8) is 0 Å². The van der Waals surface area contributed by atoms with Gasteiger partial charge in [-0.1, -0.05) is 76.0 Å². The number of amides is 2. The Morgan fingerprint density at radius 3 is 2.39 bits per heavy atom. The average Bonchev–Trinajstić information content (AvgIpc) is 3.64. The van der Waals surface area contributed by atoms with Gasteiger partial charge in [0.2, 0.25) is 11.8 Å². The fourth-order valence-corrected chi connectivity index (χ4v) is 8.47. The summed E-state index contributed by atoms with van der Waals surface area (Å²) in [7, 11) is 2.83. The maximum Gasteiger partial charge on any atom is 0.508 e. The Labute approximate surface area is 353 Å². The highest BCUT2D eigenvalue weighted by Crippen LogP contribution is 2.57. The summed E-state index contributed by atoms with van der Waals surface area (Å²) in [6.45, 7) is 10.5. The first-order valence-corrected chi connectivity index (χ1v) is 20.2. The Balaban J connectivity index is 1.60. The highest BCUT2D eigenvalue weighted by Gasteiger charge is 2.66. The number of carbonyl (C=O) groups is 4. The van der Waals surface area contributed by atoms with Crippen molar-refractivity contribution >= 4 is 58.5 Å². The standard InChI is InChI=1S/C43H52Cl2FN3O10/c1-23(2)11-16-31(59-41(54)58-20-19-57-18-17-55-6)33-25(39(51)52)13-15-29(37(33)56-7)47-38(50)36-34(26-9-8-10-28(45)35(26)46)43(32(49-36)22-42(3,4)5)27-14-12-24(44)21-30(27)48-40(43)53/h8-10,12-15,21,23,31-32,34,36,49H,11,16-20,22H2,1-7H3,(H,47,50)(H,48,53)(H,51,52)/t31?,32-,34-,36+,43+/m0/s1. The quantitative estimate of drug-likeness (QED) is 0.0758. The van der Waals surface area contributed by atoms with Gasteiger partial charge >= 0.3 is 12.1 Å². The average molecular weight is 861 g/mol. The molecule has 5 rings (SSSR count). The number of methoxy groups -OCH3 is 2. The number of nitrogens with one attached hydrogen (secondary N) is 3. The largest absolute Gasteiger partial charge is 0.508 e. The maximum absolute atomic E-state index is 16.4. The Hall–Kier alpha value is -4.47. The summed E-state index contributed by atoms with van der Waals surface area (Å²) in [6.07, 6.45) is -1.16. The minimum absolute atomic E-state index is 0.00776. The van der Waals surface area contributed by atoms with E-state index < -0.39 is 59.3 Å². The van der Waals surface area contributed by atoms with Crippen molar-refractivity contribution in [1.82, 2.24) is 5.32 Å². The van der Waals surface area contributed by atoms with Crippen molar-refractivity contribution in [2.24, 2.45) is 11.3 Å². The van der Waals surface area contributed by atoms with Crippen LogP contribution in [0.5, 0.6) is 5.75 Å². The van der Waals surface area contributed by atoms with E-state index in [1.54, 1.807) is 24.3 Å². The molecule has 2 heterocycles. The molecule has 13 nitrogen and oxygen atoms in total. The van der Waals surface area contributed by atoms with Gasteiger partial charge in [-0.05, 0) is 72.1 Å². The van der Waals surface area contributed by atoms with Gasteiger partial charge in [0, 0.05) is 29.8 Å². The molecule has 0 aromatic heterocycles. The number of anilines is 2. The van der Waals surface area contributed by atoms with E-state index >= 15 is 4.39 Å². The van der Waals surface area contributed by atoms with Crippen LogP contribution in [0.4, 0.5) is 20.6 Å². The monoisotopic (exact) mass is 859 g/mol. The lowest BCUT2D eigenvalue weighted by Gasteiger charge is -2.37. The molecule has 0 saturated carbocycles. The van der Waals surface area contributed by atoms with Crippen LogP contribution >= 0.6 is 23.2 Å². The van der Waals surface area contributed by atoms with Gasteiger partial charge in [-0.3, -0.25) is 9.59 Å². The van der Waals surface area contributed by atoms with E-state index in [2.05, 4.69) is 16.0 Å². The highest BCUT2D eigenvalue weighted by molar-refractivity contribution is 6.31. The molecule has 0 aliphatic carbocycles. The van der Waals surface area contributed by atoms with Crippen LogP contribution in [0, 0.1) is 17.2 Å². The molecule has 5 atom stereocenters. The van der Waals surface area contributed by atoms with E-state index in [1.807, 2.05) is 34.6 Å². The van der Waals surface area contributed by atoms with Gasteiger partial charge in [-0.2, -0.15) is 0 Å². The first-order valence-electron chi connectivity index (χ1n) is 19.4. The minimum Gasteiger partial charge on any atom is -0.494 e. The second-order valence-electron chi connectivity index (χ2n) is 16.3. The molecule has 0 radical (unpaired) electrons. The lowest BCUT2D eigenvalue weighted by Crippen LogP contribution is -2.49. The lowest BCUT2D eigenvalue weighted by atomic mass is 9.62.